The zero-order chi connectivity index (χ0) is 23.3. The molecule has 9 heteroatoms. The van der Waals surface area contributed by atoms with Gasteiger partial charge in [-0.1, -0.05) is 0 Å². The second-order valence-corrected chi connectivity index (χ2v) is 8.10. The van der Waals surface area contributed by atoms with Gasteiger partial charge in [-0.05, 0) is 31.5 Å². The first kappa shape index (κ1) is 21.0. The number of aromatic nitrogens is 2. The molecule has 1 aliphatic heterocycles. The Morgan fingerprint density at radius 1 is 1.21 bits per heavy atom. The number of furan rings is 1. The smallest absolute Gasteiger partial charge is 0.255 e. The number of benzene rings is 1. The largest absolute Gasteiger partial charge is 0.460 e. The number of nitrogens with one attached hydrogen (secondary N) is 1. The molecule has 9 nitrogen and oxygen atoms in total. The van der Waals surface area contributed by atoms with Gasteiger partial charge in [0.15, 0.2) is 5.75 Å². The molecule has 33 heavy (non-hydrogen) atoms. The number of carbonyl (C=O) groups is 2. The van der Waals surface area contributed by atoms with Crippen molar-refractivity contribution >= 4 is 28.3 Å². The van der Waals surface area contributed by atoms with Crippen molar-refractivity contribution in [3.8, 4) is 11.5 Å². The molecule has 1 N–H and O–H groups in total. The van der Waals surface area contributed by atoms with E-state index in [0.717, 1.165) is 10.9 Å². The van der Waals surface area contributed by atoms with Crippen LogP contribution in [0.2, 0.25) is 0 Å². The molecule has 0 radical (unpaired) electrons. The van der Waals surface area contributed by atoms with Gasteiger partial charge in [0.2, 0.25) is 0 Å². The summed E-state index contributed by atoms with van der Waals surface area (Å²) in [5.41, 5.74) is 3.16. The van der Waals surface area contributed by atoms with E-state index in [1.165, 1.54) is 0 Å². The third-order valence-corrected chi connectivity index (χ3v) is 6.11. The molecule has 1 fully saturated rings. The number of fused-ring (bicyclic) bond motifs is 2. The summed E-state index contributed by atoms with van der Waals surface area (Å²) in [6, 6.07) is 7.10. The lowest BCUT2D eigenvalue weighted by atomic mass is 10.1. The highest BCUT2D eigenvalue weighted by Gasteiger charge is 2.33. The standard InChI is InChI=1S/C24H24N4O5/c1-13-18(24(30)27-10-16(11-27)31-4)12-28-22(13)19(7-8-26-28)33-15-5-6-17-20(9-15)32-14(2)21(17)23(29)25-3/h5-9,12,16H,10-11H2,1-4H3,(H,25,29). The molecule has 1 aliphatic rings. The second-order valence-electron chi connectivity index (χ2n) is 8.10. The number of rotatable bonds is 5. The van der Waals surface area contributed by atoms with Gasteiger partial charge in [-0.15, -0.1) is 0 Å². The van der Waals surface area contributed by atoms with Gasteiger partial charge in [0.05, 0.1) is 23.4 Å². The van der Waals surface area contributed by atoms with Crippen molar-refractivity contribution in [2.75, 3.05) is 27.2 Å². The number of nitrogens with zero attached hydrogens (tertiary/aromatic N) is 3. The number of aryl methyl sites for hydroxylation is 2. The highest BCUT2D eigenvalue weighted by atomic mass is 16.5. The van der Waals surface area contributed by atoms with Gasteiger partial charge in [-0.2, -0.15) is 5.10 Å². The summed E-state index contributed by atoms with van der Waals surface area (Å²) in [7, 11) is 3.24. The fourth-order valence-electron chi connectivity index (χ4n) is 4.24. The molecule has 2 amide bonds. The molecule has 0 saturated carbocycles. The third kappa shape index (κ3) is 3.41. The van der Waals surface area contributed by atoms with Gasteiger partial charge in [-0.25, -0.2) is 4.52 Å². The Morgan fingerprint density at radius 3 is 2.73 bits per heavy atom. The zero-order valence-corrected chi connectivity index (χ0v) is 18.8. The molecule has 0 atom stereocenters. The Balaban J connectivity index is 1.48. The van der Waals surface area contributed by atoms with Gasteiger partial charge < -0.3 is 24.1 Å². The maximum Gasteiger partial charge on any atom is 0.255 e. The fraction of sp³-hybridized carbons (Fsp3) is 0.292. The average Bonchev–Trinajstić information content (AvgIpc) is 3.28. The van der Waals surface area contributed by atoms with Crippen LogP contribution < -0.4 is 10.1 Å². The number of carbonyl (C=O) groups excluding carboxylic acids is 2. The van der Waals surface area contributed by atoms with E-state index in [4.69, 9.17) is 13.9 Å². The Bertz CT molecular complexity index is 1400. The predicted octanol–water partition coefficient (Wildman–Crippen LogP) is 3.32. The molecule has 5 rings (SSSR count). The van der Waals surface area contributed by atoms with Crippen molar-refractivity contribution < 1.29 is 23.5 Å². The van der Waals surface area contributed by atoms with Crippen LogP contribution in [0.1, 0.15) is 32.0 Å². The minimum atomic E-state index is -0.198. The lowest BCUT2D eigenvalue weighted by molar-refractivity contribution is -0.0192. The van der Waals surface area contributed by atoms with Crippen LogP contribution >= 0.6 is 0 Å². The van der Waals surface area contributed by atoms with Gasteiger partial charge in [-0.3, -0.25) is 9.59 Å². The molecule has 0 unspecified atom stereocenters. The first-order chi connectivity index (χ1) is 15.9. The minimum absolute atomic E-state index is 0.0496. The highest BCUT2D eigenvalue weighted by molar-refractivity contribution is 6.07. The van der Waals surface area contributed by atoms with E-state index in [0.29, 0.717) is 52.6 Å². The molecule has 170 valence electrons. The molecule has 4 aromatic rings. The van der Waals surface area contributed by atoms with Crippen LogP contribution in [-0.4, -0.2) is 59.7 Å². The van der Waals surface area contributed by atoms with Crippen LogP contribution in [0, 0.1) is 13.8 Å². The van der Waals surface area contributed by atoms with E-state index >= 15 is 0 Å². The second kappa shape index (κ2) is 7.93. The SMILES string of the molecule is CNC(=O)c1c(C)oc2cc(Oc3ccnn4cc(C(=O)N5CC(OC)C5)c(C)c34)ccc12. The fourth-order valence-corrected chi connectivity index (χ4v) is 4.24. The van der Waals surface area contributed by atoms with E-state index in [1.807, 2.05) is 6.92 Å². The summed E-state index contributed by atoms with van der Waals surface area (Å²) < 4.78 is 18.9. The minimum Gasteiger partial charge on any atom is -0.460 e. The summed E-state index contributed by atoms with van der Waals surface area (Å²) in [4.78, 5) is 26.9. The zero-order valence-electron chi connectivity index (χ0n) is 18.8. The van der Waals surface area contributed by atoms with E-state index < -0.39 is 0 Å². The van der Waals surface area contributed by atoms with E-state index in [9.17, 15) is 9.59 Å². The molecule has 1 aromatic carbocycles. The molecule has 0 aliphatic carbocycles. The van der Waals surface area contributed by atoms with Crippen molar-refractivity contribution in [2.45, 2.75) is 20.0 Å². The summed E-state index contributed by atoms with van der Waals surface area (Å²) in [6.07, 6.45) is 3.45. The molecule has 3 aromatic heterocycles. The van der Waals surface area contributed by atoms with Crippen LogP contribution in [0.5, 0.6) is 11.5 Å². The highest BCUT2D eigenvalue weighted by Crippen LogP contribution is 2.34. The summed E-state index contributed by atoms with van der Waals surface area (Å²) in [5, 5.41) is 7.71. The van der Waals surface area contributed by atoms with Crippen LogP contribution in [0.25, 0.3) is 16.5 Å². The Hall–Kier alpha value is -3.85. The summed E-state index contributed by atoms with van der Waals surface area (Å²) >= 11 is 0. The average molecular weight is 448 g/mol. The first-order valence-corrected chi connectivity index (χ1v) is 10.6. The van der Waals surface area contributed by atoms with Crippen LogP contribution in [0.4, 0.5) is 0 Å². The number of ether oxygens (including phenoxy) is 2. The quantitative estimate of drug-likeness (QED) is 0.503. The number of amides is 2. The van der Waals surface area contributed by atoms with Gasteiger partial charge in [0, 0.05) is 51.0 Å². The van der Waals surface area contributed by atoms with Crippen molar-refractivity contribution in [1.82, 2.24) is 19.8 Å². The van der Waals surface area contributed by atoms with Crippen LogP contribution in [0.15, 0.2) is 41.1 Å². The number of hydrogen-bond donors (Lipinski definition) is 1. The maximum absolute atomic E-state index is 13.0. The first-order valence-electron chi connectivity index (χ1n) is 10.6. The van der Waals surface area contributed by atoms with Crippen molar-refractivity contribution in [3.63, 3.8) is 0 Å². The topological polar surface area (TPSA) is 98.3 Å². The molecule has 0 spiro atoms. The monoisotopic (exact) mass is 448 g/mol. The molecular formula is C24H24N4O5. The summed E-state index contributed by atoms with van der Waals surface area (Å²) in [6.45, 7) is 4.81. The molecule has 0 bridgehead atoms. The molecule has 1 saturated heterocycles. The van der Waals surface area contributed by atoms with Crippen LogP contribution in [0.3, 0.4) is 0 Å². The van der Waals surface area contributed by atoms with E-state index in [-0.39, 0.29) is 17.9 Å². The third-order valence-electron chi connectivity index (χ3n) is 6.11. The van der Waals surface area contributed by atoms with Gasteiger partial charge in [0.1, 0.15) is 22.6 Å². The van der Waals surface area contributed by atoms with Gasteiger partial charge in [0.25, 0.3) is 11.8 Å². The van der Waals surface area contributed by atoms with Crippen molar-refractivity contribution in [3.05, 3.63) is 59.1 Å². The lowest BCUT2D eigenvalue weighted by Gasteiger charge is -2.38. The number of hydrogen-bond acceptors (Lipinski definition) is 6. The number of likely N-dealkylation sites (tertiary alicyclic amines) is 1. The number of methoxy groups -OCH3 is 1. The Morgan fingerprint density at radius 2 is 2.00 bits per heavy atom. The van der Waals surface area contributed by atoms with E-state index in [1.54, 1.807) is 67.2 Å². The van der Waals surface area contributed by atoms with Gasteiger partial charge >= 0.3 is 0 Å². The Labute approximate surface area is 189 Å². The lowest BCUT2D eigenvalue weighted by Crippen LogP contribution is -2.54. The van der Waals surface area contributed by atoms with Crippen molar-refractivity contribution in [1.29, 1.82) is 0 Å². The molecular weight excluding hydrogens is 424 g/mol. The molecule has 4 heterocycles. The van der Waals surface area contributed by atoms with E-state index in [2.05, 4.69) is 10.4 Å². The normalized spacial score (nSPS) is 14.0. The maximum atomic E-state index is 13.0. The predicted molar refractivity (Wildman–Crippen MR) is 121 cm³/mol. The van der Waals surface area contributed by atoms with Crippen molar-refractivity contribution in [2.24, 2.45) is 0 Å². The Kier molecular flexibility index (Phi) is 5.05. The summed E-state index contributed by atoms with van der Waals surface area (Å²) in [5.74, 6) is 1.41. The van der Waals surface area contributed by atoms with Crippen LogP contribution in [-0.2, 0) is 4.74 Å².